The van der Waals surface area contributed by atoms with Crippen LogP contribution in [0.3, 0.4) is 0 Å². The molecule has 0 saturated heterocycles. The van der Waals surface area contributed by atoms with Crippen molar-refractivity contribution in [3.63, 3.8) is 0 Å². The minimum absolute atomic E-state index is 0.0232. The third kappa shape index (κ3) is 4.77. The average molecular weight is 483 g/mol. The van der Waals surface area contributed by atoms with Gasteiger partial charge in [-0.05, 0) is 60.0 Å². The van der Waals surface area contributed by atoms with Crippen LogP contribution in [0, 0.1) is 10.1 Å². The fourth-order valence-electron chi connectivity index (χ4n) is 4.08. The van der Waals surface area contributed by atoms with Crippen LogP contribution in [0.5, 0.6) is 17.2 Å². The highest BCUT2D eigenvalue weighted by atomic mass is 35.5. The van der Waals surface area contributed by atoms with E-state index in [0.717, 1.165) is 11.1 Å². The molecular weight excluding hydrogens is 460 g/mol. The van der Waals surface area contributed by atoms with Crippen molar-refractivity contribution in [2.24, 2.45) is 0 Å². The molecule has 176 valence electrons. The largest absolute Gasteiger partial charge is 0.493 e. The summed E-state index contributed by atoms with van der Waals surface area (Å²) in [5, 5.41) is 11.4. The number of amides is 1. The van der Waals surface area contributed by atoms with Gasteiger partial charge in [0.2, 0.25) is 0 Å². The summed E-state index contributed by atoms with van der Waals surface area (Å²) < 4.78 is 16.9. The van der Waals surface area contributed by atoms with Gasteiger partial charge in [-0.25, -0.2) is 0 Å². The predicted octanol–water partition coefficient (Wildman–Crippen LogP) is 5.08. The summed E-state index contributed by atoms with van der Waals surface area (Å²) in [5.74, 6) is 1.47. The van der Waals surface area contributed by atoms with E-state index in [9.17, 15) is 14.9 Å². The zero-order chi connectivity index (χ0) is 24.2. The second kappa shape index (κ2) is 10.0. The van der Waals surface area contributed by atoms with Crippen molar-refractivity contribution < 1.29 is 23.9 Å². The predicted molar refractivity (Wildman–Crippen MR) is 127 cm³/mol. The quantitative estimate of drug-likeness (QED) is 0.344. The van der Waals surface area contributed by atoms with E-state index in [4.69, 9.17) is 25.8 Å². The minimum Gasteiger partial charge on any atom is -0.493 e. The number of hydrogen-bond donors (Lipinski definition) is 0. The second-order valence-corrected chi connectivity index (χ2v) is 8.18. The van der Waals surface area contributed by atoms with Gasteiger partial charge in [-0.2, -0.15) is 0 Å². The molecule has 0 radical (unpaired) electrons. The lowest BCUT2D eigenvalue weighted by Gasteiger charge is -2.37. The molecule has 1 amide bonds. The van der Waals surface area contributed by atoms with E-state index in [-0.39, 0.29) is 18.2 Å². The zero-order valence-corrected chi connectivity index (χ0v) is 19.4. The number of fused-ring (bicyclic) bond motifs is 1. The van der Waals surface area contributed by atoms with Gasteiger partial charge in [0, 0.05) is 29.3 Å². The number of carbonyl (C=O) groups excluding carboxylic acids is 1. The van der Waals surface area contributed by atoms with Crippen LogP contribution in [0.4, 0.5) is 5.69 Å². The van der Waals surface area contributed by atoms with Gasteiger partial charge < -0.3 is 19.1 Å². The van der Waals surface area contributed by atoms with Crippen LogP contribution in [0.25, 0.3) is 0 Å². The molecule has 1 aliphatic rings. The van der Waals surface area contributed by atoms with Crippen molar-refractivity contribution >= 4 is 23.2 Å². The van der Waals surface area contributed by atoms with Gasteiger partial charge in [0.05, 0.1) is 25.2 Å². The molecule has 0 saturated carbocycles. The number of ether oxygens (including phenoxy) is 3. The number of nitro benzene ring substituents is 1. The number of non-ortho nitro benzene ring substituents is 1. The molecule has 0 aromatic heterocycles. The van der Waals surface area contributed by atoms with Crippen molar-refractivity contribution in [2.45, 2.75) is 12.5 Å². The van der Waals surface area contributed by atoms with Crippen LogP contribution < -0.4 is 14.2 Å². The third-order valence-electron chi connectivity index (χ3n) is 5.79. The molecule has 0 spiro atoms. The first kappa shape index (κ1) is 23.4. The number of benzene rings is 3. The summed E-state index contributed by atoms with van der Waals surface area (Å²) in [5.41, 5.74) is 2.38. The van der Waals surface area contributed by atoms with Gasteiger partial charge in [0.1, 0.15) is 12.4 Å². The lowest BCUT2D eigenvalue weighted by molar-refractivity contribution is -0.384. The standard InChI is InChI=1S/C25H23ClN2O6/c1-32-23-13-16-10-11-27(25(29)17-4-3-5-18(26)12-17)22(21(16)14-24(23)33-2)15-34-20-8-6-19(7-9-20)28(30)31/h3-9,12-14,22H,10-11,15H2,1-2H3/t22-/m1/s1. The lowest BCUT2D eigenvalue weighted by Crippen LogP contribution is -2.42. The molecule has 0 fully saturated rings. The average Bonchev–Trinajstić information content (AvgIpc) is 2.86. The van der Waals surface area contributed by atoms with Crippen LogP contribution in [0.1, 0.15) is 27.5 Å². The van der Waals surface area contributed by atoms with Crippen LogP contribution in [0.2, 0.25) is 5.02 Å². The Hall–Kier alpha value is -3.78. The first-order valence-electron chi connectivity index (χ1n) is 10.6. The molecule has 1 aliphatic heterocycles. The monoisotopic (exact) mass is 482 g/mol. The maximum atomic E-state index is 13.5. The van der Waals surface area contributed by atoms with Crippen LogP contribution in [0.15, 0.2) is 60.7 Å². The van der Waals surface area contributed by atoms with Gasteiger partial charge in [-0.3, -0.25) is 14.9 Å². The summed E-state index contributed by atoms with van der Waals surface area (Å²) in [7, 11) is 3.14. The molecule has 1 heterocycles. The normalized spacial score (nSPS) is 14.8. The first-order chi connectivity index (χ1) is 16.4. The Morgan fingerprint density at radius 2 is 1.79 bits per heavy atom. The van der Waals surface area contributed by atoms with E-state index >= 15 is 0 Å². The molecule has 0 aliphatic carbocycles. The smallest absolute Gasteiger partial charge is 0.269 e. The molecule has 8 nitrogen and oxygen atoms in total. The van der Waals surface area contributed by atoms with Crippen molar-refractivity contribution in [3.05, 3.63) is 92.5 Å². The fourth-order valence-corrected chi connectivity index (χ4v) is 4.27. The molecule has 3 aromatic carbocycles. The Kier molecular flexibility index (Phi) is 6.88. The number of halogens is 1. The summed E-state index contributed by atoms with van der Waals surface area (Å²) in [6.45, 7) is 0.620. The highest BCUT2D eigenvalue weighted by Crippen LogP contribution is 2.39. The summed E-state index contributed by atoms with van der Waals surface area (Å²) in [6.07, 6.45) is 0.635. The van der Waals surface area contributed by atoms with Gasteiger partial charge in [-0.15, -0.1) is 0 Å². The number of carbonyl (C=O) groups is 1. The molecule has 0 bridgehead atoms. The van der Waals surface area contributed by atoms with E-state index in [1.165, 1.54) is 12.1 Å². The van der Waals surface area contributed by atoms with Crippen molar-refractivity contribution in [1.29, 1.82) is 0 Å². The second-order valence-electron chi connectivity index (χ2n) is 7.74. The Morgan fingerprint density at radius 3 is 2.44 bits per heavy atom. The fraction of sp³-hybridized carbons (Fsp3) is 0.240. The van der Waals surface area contributed by atoms with Gasteiger partial charge in [-0.1, -0.05) is 17.7 Å². The van der Waals surface area contributed by atoms with E-state index in [0.29, 0.717) is 40.8 Å². The van der Waals surface area contributed by atoms with E-state index in [2.05, 4.69) is 0 Å². The number of hydrogen-bond acceptors (Lipinski definition) is 6. The molecule has 34 heavy (non-hydrogen) atoms. The van der Waals surface area contributed by atoms with Gasteiger partial charge in [0.25, 0.3) is 11.6 Å². The number of methoxy groups -OCH3 is 2. The highest BCUT2D eigenvalue weighted by molar-refractivity contribution is 6.30. The van der Waals surface area contributed by atoms with Crippen LogP contribution >= 0.6 is 11.6 Å². The number of nitrogens with zero attached hydrogens (tertiary/aromatic N) is 2. The summed E-state index contributed by atoms with van der Waals surface area (Å²) in [4.78, 5) is 25.7. The highest BCUT2D eigenvalue weighted by Gasteiger charge is 2.33. The maximum Gasteiger partial charge on any atom is 0.269 e. The summed E-state index contributed by atoms with van der Waals surface area (Å²) in [6, 6.07) is 16.0. The molecule has 1 atom stereocenters. The Labute approximate surface area is 201 Å². The molecule has 9 heteroatoms. The topological polar surface area (TPSA) is 91.1 Å². The maximum absolute atomic E-state index is 13.5. The first-order valence-corrected chi connectivity index (χ1v) is 11.0. The molecule has 3 aromatic rings. The third-order valence-corrected chi connectivity index (χ3v) is 6.03. The van der Waals surface area contributed by atoms with Gasteiger partial charge >= 0.3 is 0 Å². The van der Waals surface area contributed by atoms with Crippen LogP contribution in [-0.2, 0) is 6.42 Å². The van der Waals surface area contributed by atoms with E-state index < -0.39 is 11.0 Å². The zero-order valence-electron chi connectivity index (χ0n) is 18.7. The SMILES string of the molecule is COc1cc2c(cc1OC)[C@@H](COc1ccc([N+](=O)[O-])cc1)N(C(=O)c1cccc(Cl)c1)CC2. The Balaban J connectivity index is 1.68. The van der Waals surface area contributed by atoms with Crippen LogP contribution in [-0.4, -0.2) is 43.1 Å². The minimum atomic E-state index is -0.466. The van der Waals surface area contributed by atoms with Crippen molar-refractivity contribution in [1.82, 2.24) is 4.90 Å². The van der Waals surface area contributed by atoms with Crippen molar-refractivity contribution in [3.8, 4) is 17.2 Å². The molecule has 0 unspecified atom stereocenters. The number of rotatable bonds is 7. The Bertz CT molecular complexity index is 1210. The van der Waals surface area contributed by atoms with E-state index in [1.807, 2.05) is 12.1 Å². The Morgan fingerprint density at radius 1 is 1.09 bits per heavy atom. The lowest BCUT2D eigenvalue weighted by atomic mass is 9.91. The van der Waals surface area contributed by atoms with Gasteiger partial charge in [0.15, 0.2) is 11.5 Å². The van der Waals surface area contributed by atoms with Crippen molar-refractivity contribution in [2.75, 3.05) is 27.4 Å². The van der Waals surface area contributed by atoms with E-state index in [1.54, 1.807) is 55.5 Å². The summed E-state index contributed by atoms with van der Waals surface area (Å²) >= 11 is 6.12. The number of nitro groups is 1. The molecule has 4 rings (SSSR count). The molecular formula is C25H23ClN2O6. The molecule has 0 N–H and O–H groups in total.